The first-order valence-electron chi connectivity index (χ1n) is 10.1. The van der Waals surface area contributed by atoms with E-state index in [1.807, 2.05) is 18.0 Å². The summed E-state index contributed by atoms with van der Waals surface area (Å²) >= 11 is 10.2. The third-order valence-corrected chi connectivity index (χ3v) is 8.39. The third-order valence-electron chi connectivity index (χ3n) is 5.61. The van der Waals surface area contributed by atoms with Crippen LogP contribution >= 0.6 is 34.7 Å². The fourth-order valence-corrected chi connectivity index (χ4v) is 6.43. The zero-order chi connectivity index (χ0) is 18.5. The Balaban J connectivity index is 1.36. The molecular weight excluding hydrogens is 394 g/mol. The van der Waals surface area contributed by atoms with Crippen LogP contribution in [0.25, 0.3) is 0 Å². The van der Waals surface area contributed by atoms with Crippen molar-refractivity contribution in [2.24, 2.45) is 5.92 Å². The number of benzene rings is 1. The summed E-state index contributed by atoms with van der Waals surface area (Å²) in [7, 11) is 0. The van der Waals surface area contributed by atoms with Crippen LogP contribution in [-0.4, -0.2) is 24.6 Å². The van der Waals surface area contributed by atoms with Gasteiger partial charge in [-0.05, 0) is 61.9 Å². The number of aromatic nitrogens is 1. The maximum absolute atomic E-state index is 6.56. The van der Waals surface area contributed by atoms with Crippen LogP contribution in [0, 0.1) is 5.92 Å². The molecular formula is C21H28ClN3S2. The van der Waals surface area contributed by atoms with Crippen molar-refractivity contribution >= 4 is 39.8 Å². The smallest absolute Gasteiger partial charge is 0.182 e. The highest BCUT2D eigenvalue weighted by atomic mass is 35.5. The van der Waals surface area contributed by atoms with Crippen molar-refractivity contribution in [2.45, 2.75) is 55.6 Å². The van der Waals surface area contributed by atoms with E-state index >= 15 is 0 Å². The average Bonchev–Trinajstić information content (AvgIpc) is 3.02. The van der Waals surface area contributed by atoms with Crippen molar-refractivity contribution in [3.05, 3.63) is 39.4 Å². The van der Waals surface area contributed by atoms with E-state index < -0.39 is 0 Å². The van der Waals surface area contributed by atoms with Crippen molar-refractivity contribution in [1.82, 2.24) is 10.3 Å². The first kappa shape index (κ1) is 19.6. The first-order chi connectivity index (χ1) is 13.3. The van der Waals surface area contributed by atoms with Gasteiger partial charge in [0, 0.05) is 28.3 Å². The summed E-state index contributed by atoms with van der Waals surface area (Å²) in [6.45, 7) is 3.17. The van der Waals surface area contributed by atoms with Gasteiger partial charge in [-0.2, -0.15) is 0 Å². The average molecular weight is 422 g/mol. The molecule has 0 radical (unpaired) electrons. The van der Waals surface area contributed by atoms with Gasteiger partial charge in [-0.3, -0.25) is 0 Å². The number of nitrogens with one attached hydrogen (secondary N) is 2. The van der Waals surface area contributed by atoms with Gasteiger partial charge in [0.25, 0.3) is 0 Å². The van der Waals surface area contributed by atoms with Crippen LogP contribution in [0.4, 0.5) is 5.13 Å². The number of anilines is 1. The number of halogens is 1. The van der Waals surface area contributed by atoms with Crippen LogP contribution in [-0.2, 0) is 18.6 Å². The minimum atomic E-state index is 0.827. The lowest BCUT2D eigenvalue weighted by molar-refractivity contribution is 0.373. The molecule has 0 spiro atoms. The molecule has 0 amide bonds. The quantitative estimate of drug-likeness (QED) is 0.580. The van der Waals surface area contributed by atoms with E-state index in [1.54, 1.807) is 11.3 Å². The molecule has 146 valence electrons. The summed E-state index contributed by atoms with van der Waals surface area (Å²) < 4.78 is 0. The van der Waals surface area contributed by atoms with Crippen molar-refractivity contribution in [3.63, 3.8) is 0 Å². The topological polar surface area (TPSA) is 37.0 Å². The van der Waals surface area contributed by atoms with Crippen LogP contribution in [0.15, 0.2) is 23.2 Å². The minimum absolute atomic E-state index is 0.827. The van der Waals surface area contributed by atoms with Crippen LogP contribution in [0.2, 0.25) is 5.02 Å². The summed E-state index contributed by atoms with van der Waals surface area (Å²) in [4.78, 5) is 7.17. The Kier molecular flexibility index (Phi) is 6.98. The van der Waals surface area contributed by atoms with Gasteiger partial charge < -0.3 is 10.6 Å². The van der Waals surface area contributed by atoms with E-state index in [2.05, 4.69) is 27.8 Å². The van der Waals surface area contributed by atoms with E-state index in [9.17, 15) is 0 Å². The number of fused-ring (bicyclic) bond motifs is 1. The lowest BCUT2D eigenvalue weighted by Gasteiger charge is -2.21. The van der Waals surface area contributed by atoms with Crippen molar-refractivity contribution in [3.8, 4) is 0 Å². The summed E-state index contributed by atoms with van der Waals surface area (Å²) in [6.07, 6.45) is 11.1. The Hall–Kier alpha value is -0.750. The number of hydrogen-bond donors (Lipinski definition) is 2. The zero-order valence-corrected chi connectivity index (χ0v) is 18.1. The van der Waals surface area contributed by atoms with E-state index in [0.717, 1.165) is 54.3 Å². The first-order valence-corrected chi connectivity index (χ1v) is 12.3. The largest absolute Gasteiger partial charge is 0.361 e. The van der Waals surface area contributed by atoms with Gasteiger partial charge in [0.1, 0.15) is 0 Å². The van der Waals surface area contributed by atoms with Crippen LogP contribution in [0.5, 0.6) is 0 Å². The second-order valence-electron chi connectivity index (χ2n) is 7.57. The lowest BCUT2D eigenvalue weighted by atomic mass is 9.89. The van der Waals surface area contributed by atoms with Gasteiger partial charge in [0.05, 0.1) is 5.02 Å². The number of nitrogens with zero attached hydrogens (tertiary/aromatic N) is 1. The van der Waals surface area contributed by atoms with Crippen LogP contribution < -0.4 is 10.6 Å². The molecule has 1 aromatic heterocycles. The summed E-state index contributed by atoms with van der Waals surface area (Å²) in [5, 5.41) is 9.01. The van der Waals surface area contributed by atoms with Crippen LogP contribution in [0.1, 0.15) is 48.1 Å². The molecule has 0 atom stereocenters. The molecule has 0 unspecified atom stereocenters. The zero-order valence-electron chi connectivity index (χ0n) is 15.7. The Bertz CT molecular complexity index is 756. The van der Waals surface area contributed by atoms with E-state index in [4.69, 9.17) is 11.6 Å². The number of rotatable bonds is 6. The molecule has 0 bridgehead atoms. The molecule has 1 fully saturated rings. The summed E-state index contributed by atoms with van der Waals surface area (Å²) in [5.74, 6) is 1.76. The maximum atomic E-state index is 6.56. The number of thioether (sulfide) groups is 1. The molecule has 2 aromatic rings. The normalized spacial score (nSPS) is 18.1. The lowest BCUT2D eigenvalue weighted by Crippen LogP contribution is -2.16. The van der Waals surface area contributed by atoms with Crippen LogP contribution in [0.3, 0.4) is 0 Å². The molecule has 1 aliphatic heterocycles. The standard InChI is InChI=1S/C21H28ClN3S2/c22-19-7-6-16-8-10-23-11-9-18(16)20(19)26-14-17-13-25-21(27-17)24-12-15-4-2-1-3-5-15/h6-7,13,15,23H,1-5,8-12,14H2,(H,24,25). The molecule has 6 heteroatoms. The SMILES string of the molecule is Clc1ccc2c(c1SCc1cnc(NCC3CCCCC3)s1)CCNCC2. The predicted octanol–water partition coefficient (Wildman–Crippen LogP) is 5.77. The Morgan fingerprint density at radius 1 is 1.19 bits per heavy atom. The van der Waals surface area contributed by atoms with Gasteiger partial charge >= 0.3 is 0 Å². The highest BCUT2D eigenvalue weighted by Gasteiger charge is 2.16. The molecule has 3 nitrogen and oxygen atoms in total. The molecule has 2 heterocycles. The van der Waals surface area contributed by atoms with Gasteiger partial charge in [0.15, 0.2) is 5.13 Å². The highest BCUT2D eigenvalue weighted by Crippen LogP contribution is 2.37. The maximum Gasteiger partial charge on any atom is 0.182 e. The van der Waals surface area contributed by atoms with Crippen molar-refractivity contribution < 1.29 is 0 Å². The Morgan fingerprint density at radius 3 is 2.93 bits per heavy atom. The van der Waals surface area contributed by atoms with E-state index in [0.29, 0.717) is 0 Å². The molecule has 1 aliphatic carbocycles. The predicted molar refractivity (Wildman–Crippen MR) is 118 cm³/mol. The van der Waals surface area contributed by atoms with E-state index in [1.165, 1.54) is 53.0 Å². The van der Waals surface area contributed by atoms with E-state index in [-0.39, 0.29) is 0 Å². The number of hydrogen-bond acceptors (Lipinski definition) is 5. The fraction of sp³-hybridized carbons (Fsp3) is 0.571. The molecule has 0 saturated heterocycles. The molecule has 1 aromatic carbocycles. The Labute approximate surface area is 175 Å². The summed E-state index contributed by atoms with van der Waals surface area (Å²) in [5.41, 5.74) is 2.89. The molecule has 1 saturated carbocycles. The molecule has 4 rings (SSSR count). The van der Waals surface area contributed by atoms with Gasteiger partial charge in [0.2, 0.25) is 0 Å². The summed E-state index contributed by atoms with van der Waals surface area (Å²) in [6, 6.07) is 4.27. The second kappa shape index (κ2) is 9.64. The third kappa shape index (κ3) is 5.20. The van der Waals surface area contributed by atoms with Gasteiger partial charge in [-0.1, -0.05) is 36.9 Å². The fourth-order valence-electron chi connectivity index (χ4n) is 4.09. The van der Waals surface area contributed by atoms with Crippen molar-refractivity contribution in [1.29, 1.82) is 0 Å². The Morgan fingerprint density at radius 2 is 2.04 bits per heavy atom. The second-order valence-corrected chi connectivity index (χ2v) is 10.1. The number of thiazole rings is 1. The molecule has 2 aliphatic rings. The molecule has 2 N–H and O–H groups in total. The van der Waals surface area contributed by atoms with Gasteiger partial charge in [-0.15, -0.1) is 23.1 Å². The minimum Gasteiger partial charge on any atom is -0.361 e. The monoisotopic (exact) mass is 421 g/mol. The highest BCUT2D eigenvalue weighted by molar-refractivity contribution is 7.98. The molecule has 27 heavy (non-hydrogen) atoms. The van der Waals surface area contributed by atoms with Crippen molar-refractivity contribution in [2.75, 3.05) is 25.0 Å². The van der Waals surface area contributed by atoms with Gasteiger partial charge in [-0.25, -0.2) is 4.98 Å².